The van der Waals surface area contributed by atoms with Crippen LogP contribution in [-0.2, 0) is 4.79 Å². The molecule has 3 aromatic rings. The number of rotatable bonds is 7. The molecular formula is C28H29NO. The van der Waals surface area contributed by atoms with Gasteiger partial charge in [-0.3, -0.25) is 4.79 Å². The molecule has 0 fully saturated rings. The Labute approximate surface area is 180 Å². The summed E-state index contributed by atoms with van der Waals surface area (Å²) in [5, 5.41) is 3.06. The van der Waals surface area contributed by atoms with Crippen molar-refractivity contribution in [2.45, 2.75) is 32.7 Å². The summed E-state index contributed by atoms with van der Waals surface area (Å²) >= 11 is 0. The first-order chi connectivity index (χ1) is 14.6. The normalized spacial score (nSPS) is 13.2. The van der Waals surface area contributed by atoms with Crippen LogP contribution in [0, 0.1) is 0 Å². The van der Waals surface area contributed by atoms with Crippen molar-refractivity contribution in [1.29, 1.82) is 0 Å². The summed E-state index contributed by atoms with van der Waals surface area (Å²) < 4.78 is 0. The van der Waals surface area contributed by atoms with Crippen LogP contribution in [0.5, 0.6) is 0 Å². The monoisotopic (exact) mass is 395 g/mol. The molecule has 0 radical (unpaired) electrons. The number of carbonyl (C=O) groups excluding carboxylic acids is 1. The molecule has 0 saturated carbocycles. The number of hydrogen-bond acceptors (Lipinski definition) is 1. The zero-order chi connectivity index (χ0) is 21.3. The largest absolute Gasteiger partial charge is 0.353 e. The van der Waals surface area contributed by atoms with Gasteiger partial charge in [0.05, 0.1) is 5.92 Å². The van der Waals surface area contributed by atoms with Crippen molar-refractivity contribution in [1.82, 2.24) is 5.32 Å². The highest BCUT2D eigenvalue weighted by Gasteiger charge is 2.18. The molecule has 3 aromatic carbocycles. The van der Waals surface area contributed by atoms with Crippen LogP contribution >= 0.6 is 0 Å². The van der Waals surface area contributed by atoms with Crippen molar-refractivity contribution in [2.75, 3.05) is 0 Å². The fraction of sp³-hybridized carbons (Fsp3) is 0.179. The van der Waals surface area contributed by atoms with Gasteiger partial charge in [0.2, 0.25) is 5.91 Å². The van der Waals surface area contributed by atoms with E-state index >= 15 is 0 Å². The SMILES string of the molecule is C/C(=C(/C=C\C(C(=O)NC(C)C)c1ccccc1)c1ccccc1)c1ccccc1. The van der Waals surface area contributed by atoms with Crippen LogP contribution in [0.4, 0.5) is 0 Å². The second-order valence-corrected chi connectivity index (χ2v) is 7.68. The minimum Gasteiger partial charge on any atom is -0.353 e. The maximum absolute atomic E-state index is 13.0. The summed E-state index contributed by atoms with van der Waals surface area (Å²) in [4.78, 5) is 13.0. The van der Waals surface area contributed by atoms with E-state index in [-0.39, 0.29) is 17.9 Å². The summed E-state index contributed by atoms with van der Waals surface area (Å²) in [7, 11) is 0. The van der Waals surface area contributed by atoms with Gasteiger partial charge in [-0.15, -0.1) is 0 Å². The van der Waals surface area contributed by atoms with Gasteiger partial charge >= 0.3 is 0 Å². The van der Waals surface area contributed by atoms with E-state index in [2.05, 4.69) is 42.6 Å². The number of carbonyl (C=O) groups is 1. The first kappa shape index (κ1) is 21.3. The van der Waals surface area contributed by atoms with Crippen LogP contribution in [0.25, 0.3) is 11.1 Å². The Hall–Kier alpha value is -3.39. The zero-order valence-electron chi connectivity index (χ0n) is 17.9. The third-order valence-corrected chi connectivity index (χ3v) is 5.02. The highest BCUT2D eigenvalue weighted by atomic mass is 16.1. The maximum atomic E-state index is 13.0. The summed E-state index contributed by atoms with van der Waals surface area (Å²) in [5.41, 5.74) is 5.57. The lowest BCUT2D eigenvalue weighted by atomic mass is 9.92. The lowest BCUT2D eigenvalue weighted by Crippen LogP contribution is -2.33. The van der Waals surface area contributed by atoms with Crippen molar-refractivity contribution in [3.8, 4) is 0 Å². The van der Waals surface area contributed by atoms with Crippen LogP contribution in [-0.4, -0.2) is 11.9 Å². The Morgan fingerprint density at radius 2 is 1.27 bits per heavy atom. The molecule has 0 bridgehead atoms. The third kappa shape index (κ3) is 5.57. The van der Waals surface area contributed by atoms with E-state index in [4.69, 9.17) is 0 Å². The van der Waals surface area contributed by atoms with Gasteiger partial charge in [0.15, 0.2) is 0 Å². The Kier molecular flexibility index (Phi) is 7.40. The molecular weight excluding hydrogens is 366 g/mol. The topological polar surface area (TPSA) is 29.1 Å². The van der Waals surface area contributed by atoms with Crippen molar-refractivity contribution in [3.05, 3.63) is 120 Å². The van der Waals surface area contributed by atoms with E-state index < -0.39 is 0 Å². The molecule has 2 nitrogen and oxygen atoms in total. The second kappa shape index (κ2) is 10.4. The molecule has 30 heavy (non-hydrogen) atoms. The van der Waals surface area contributed by atoms with Crippen LogP contribution in [0.3, 0.4) is 0 Å². The Morgan fingerprint density at radius 1 is 0.767 bits per heavy atom. The van der Waals surface area contributed by atoms with E-state index in [1.165, 1.54) is 11.1 Å². The zero-order valence-corrected chi connectivity index (χ0v) is 17.9. The van der Waals surface area contributed by atoms with Gasteiger partial charge in [0, 0.05) is 6.04 Å². The van der Waals surface area contributed by atoms with Gasteiger partial charge < -0.3 is 5.32 Å². The Morgan fingerprint density at radius 3 is 1.80 bits per heavy atom. The first-order valence-corrected chi connectivity index (χ1v) is 10.4. The van der Waals surface area contributed by atoms with Crippen molar-refractivity contribution < 1.29 is 4.79 Å². The first-order valence-electron chi connectivity index (χ1n) is 10.4. The van der Waals surface area contributed by atoms with Gasteiger partial charge in [-0.1, -0.05) is 103 Å². The highest BCUT2D eigenvalue weighted by Crippen LogP contribution is 2.29. The van der Waals surface area contributed by atoms with Gasteiger partial charge in [0.25, 0.3) is 0 Å². The van der Waals surface area contributed by atoms with Crippen LogP contribution in [0.15, 0.2) is 103 Å². The number of nitrogens with one attached hydrogen (secondary N) is 1. The highest BCUT2D eigenvalue weighted by molar-refractivity contribution is 5.95. The summed E-state index contributed by atoms with van der Waals surface area (Å²) in [5.74, 6) is -0.340. The molecule has 0 aliphatic rings. The molecule has 1 amide bonds. The van der Waals surface area contributed by atoms with E-state index in [0.717, 1.165) is 16.7 Å². The molecule has 0 aliphatic heterocycles. The van der Waals surface area contributed by atoms with Crippen molar-refractivity contribution in [3.63, 3.8) is 0 Å². The number of hydrogen-bond donors (Lipinski definition) is 1. The Bertz CT molecular complexity index is 1000. The summed E-state index contributed by atoms with van der Waals surface area (Å²) in [6.07, 6.45) is 4.11. The smallest absolute Gasteiger partial charge is 0.231 e. The lowest BCUT2D eigenvalue weighted by molar-refractivity contribution is -0.122. The minimum absolute atomic E-state index is 0.0113. The molecule has 1 atom stereocenters. The van der Waals surface area contributed by atoms with E-state index in [1.54, 1.807) is 0 Å². The molecule has 1 N–H and O–H groups in total. The second-order valence-electron chi connectivity index (χ2n) is 7.68. The molecule has 1 unspecified atom stereocenters. The maximum Gasteiger partial charge on any atom is 0.231 e. The molecule has 152 valence electrons. The van der Waals surface area contributed by atoms with E-state index in [1.807, 2.05) is 86.7 Å². The molecule has 0 aromatic heterocycles. The quantitative estimate of drug-likeness (QED) is 0.360. The fourth-order valence-electron chi connectivity index (χ4n) is 3.48. The standard InChI is InChI=1S/C28H29NO/c1-21(2)29-28(30)27(25-17-11-6-12-18-25)20-19-26(24-15-9-5-10-16-24)22(3)23-13-7-4-8-14-23/h4-21,27H,1-3H3,(H,29,30)/b20-19-,26-22+. The number of amides is 1. The number of benzene rings is 3. The van der Waals surface area contributed by atoms with Crippen LogP contribution < -0.4 is 5.32 Å². The predicted molar refractivity (Wildman–Crippen MR) is 127 cm³/mol. The van der Waals surface area contributed by atoms with Gasteiger partial charge in [-0.05, 0) is 48.6 Å². The molecule has 2 heteroatoms. The fourth-order valence-corrected chi connectivity index (χ4v) is 3.48. The summed E-state index contributed by atoms with van der Waals surface area (Å²) in [6.45, 7) is 6.10. The van der Waals surface area contributed by atoms with Crippen molar-refractivity contribution >= 4 is 17.1 Å². The molecule has 3 rings (SSSR count). The van der Waals surface area contributed by atoms with E-state index in [0.29, 0.717) is 0 Å². The Balaban J connectivity index is 2.06. The number of allylic oxidation sites excluding steroid dienone is 3. The molecule has 0 spiro atoms. The van der Waals surface area contributed by atoms with Gasteiger partial charge in [0.1, 0.15) is 0 Å². The average molecular weight is 396 g/mol. The predicted octanol–water partition coefficient (Wildman–Crippen LogP) is 6.48. The molecule has 0 saturated heterocycles. The minimum atomic E-state index is -0.351. The van der Waals surface area contributed by atoms with Gasteiger partial charge in [-0.2, -0.15) is 0 Å². The third-order valence-electron chi connectivity index (χ3n) is 5.02. The van der Waals surface area contributed by atoms with Crippen LogP contribution in [0.1, 0.15) is 43.4 Å². The van der Waals surface area contributed by atoms with E-state index in [9.17, 15) is 4.79 Å². The lowest BCUT2D eigenvalue weighted by Gasteiger charge is -2.17. The molecule has 0 heterocycles. The summed E-state index contributed by atoms with van der Waals surface area (Å²) in [6, 6.07) is 30.7. The van der Waals surface area contributed by atoms with Gasteiger partial charge in [-0.25, -0.2) is 0 Å². The average Bonchev–Trinajstić information content (AvgIpc) is 2.77. The van der Waals surface area contributed by atoms with Crippen LogP contribution in [0.2, 0.25) is 0 Å². The van der Waals surface area contributed by atoms with Crippen molar-refractivity contribution in [2.24, 2.45) is 0 Å². The molecule has 0 aliphatic carbocycles.